The number of benzene rings is 2. The van der Waals surface area contributed by atoms with Crippen LogP contribution in [0.2, 0.25) is 0 Å². The molecule has 0 heterocycles. The summed E-state index contributed by atoms with van der Waals surface area (Å²) in [7, 11) is -2.09. The number of carboxylic acids is 1. The van der Waals surface area contributed by atoms with Crippen molar-refractivity contribution >= 4 is 16.0 Å². The van der Waals surface area contributed by atoms with Crippen LogP contribution < -0.4 is 0 Å². The third-order valence-corrected chi connectivity index (χ3v) is 6.20. The Balaban J connectivity index is 1.92. The standard InChI is InChI=1S/C17H17NO4S/c1-18(16-11-8-12-4-2-3-5-15(12)16)23(21,22)14-9-6-13(7-10-14)17(19)20/h2-7,9-10,16H,8,11H2,1H3,(H,19,20). The van der Waals surface area contributed by atoms with Gasteiger partial charge in [-0.1, -0.05) is 24.3 Å². The molecule has 0 spiro atoms. The Kier molecular flexibility index (Phi) is 3.95. The summed E-state index contributed by atoms with van der Waals surface area (Å²) in [6.07, 6.45) is 1.61. The summed E-state index contributed by atoms with van der Waals surface area (Å²) in [5.41, 5.74) is 2.29. The van der Waals surface area contributed by atoms with Crippen LogP contribution in [0.3, 0.4) is 0 Å². The second-order valence-electron chi connectivity index (χ2n) is 5.60. The molecular weight excluding hydrogens is 314 g/mol. The van der Waals surface area contributed by atoms with E-state index in [9.17, 15) is 13.2 Å². The number of rotatable bonds is 4. The molecule has 1 atom stereocenters. The van der Waals surface area contributed by atoms with E-state index in [-0.39, 0.29) is 16.5 Å². The van der Waals surface area contributed by atoms with Gasteiger partial charge in [-0.2, -0.15) is 4.31 Å². The van der Waals surface area contributed by atoms with E-state index in [2.05, 4.69) is 0 Å². The predicted octanol–water partition coefficient (Wildman–Crippen LogP) is 2.69. The third-order valence-electron chi connectivity index (χ3n) is 4.32. The zero-order valence-corrected chi connectivity index (χ0v) is 13.5. The van der Waals surface area contributed by atoms with Gasteiger partial charge in [0.05, 0.1) is 16.5 Å². The van der Waals surface area contributed by atoms with Crippen LogP contribution in [-0.2, 0) is 16.4 Å². The van der Waals surface area contributed by atoms with Crippen molar-refractivity contribution in [2.24, 2.45) is 0 Å². The fraction of sp³-hybridized carbons (Fsp3) is 0.235. The topological polar surface area (TPSA) is 74.7 Å². The molecule has 6 heteroatoms. The van der Waals surface area contributed by atoms with Crippen molar-refractivity contribution in [1.29, 1.82) is 0 Å². The number of carbonyl (C=O) groups is 1. The van der Waals surface area contributed by atoms with E-state index in [1.807, 2.05) is 24.3 Å². The molecule has 0 aromatic heterocycles. The Labute approximate surface area is 135 Å². The van der Waals surface area contributed by atoms with Gasteiger partial charge < -0.3 is 5.11 Å². The fourth-order valence-electron chi connectivity index (χ4n) is 3.02. The van der Waals surface area contributed by atoms with E-state index in [4.69, 9.17) is 5.11 Å². The number of aryl methyl sites for hydroxylation is 1. The van der Waals surface area contributed by atoms with Gasteiger partial charge in [0.15, 0.2) is 0 Å². The van der Waals surface area contributed by atoms with Crippen molar-refractivity contribution in [2.45, 2.75) is 23.8 Å². The number of hydrogen-bond donors (Lipinski definition) is 1. The van der Waals surface area contributed by atoms with Gasteiger partial charge >= 0.3 is 5.97 Å². The summed E-state index contributed by atoms with van der Waals surface area (Å²) in [6.45, 7) is 0. The normalized spacial score (nSPS) is 17.2. The average Bonchev–Trinajstić information content (AvgIpc) is 2.98. The number of carboxylic acid groups (broad SMARTS) is 1. The molecule has 120 valence electrons. The van der Waals surface area contributed by atoms with Crippen LogP contribution in [0, 0.1) is 0 Å². The minimum Gasteiger partial charge on any atom is -0.478 e. The molecule has 1 aliphatic rings. The maximum absolute atomic E-state index is 12.8. The summed E-state index contributed by atoms with van der Waals surface area (Å²) in [6, 6.07) is 13.0. The molecule has 3 rings (SSSR count). The van der Waals surface area contributed by atoms with Gasteiger partial charge in [-0.15, -0.1) is 0 Å². The molecular formula is C17H17NO4S. The van der Waals surface area contributed by atoms with E-state index in [1.54, 1.807) is 7.05 Å². The highest BCUT2D eigenvalue weighted by molar-refractivity contribution is 7.89. The van der Waals surface area contributed by atoms with Gasteiger partial charge in [-0.05, 0) is 48.2 Å². The number of hydrogen-bond acceptors (Lipinski definition) is 3. The monoisotopic (exact) mass is 331 g/mol. The van der Waals surface area contributed by atoms with Crippen molar-refractivity contribution in [3.8, 4) is 0 Å². The zero-order chi connectivity index (χ0) is 16.6. The summed E-state index contributed by atoms with van der Waals surface area (Å²) in [5.74, 6) is -1.08. The second-order valence-corrected chi connectivity index (χ2v) is 7.60. The molecule has 2 aromatic rings. The van der Waals surface area contributed by atoms with Gasteiger partial charge in [0.1, 0.15) is 0 Å². The largest absolute Gasteiger partial charge is 0.478 e. The van der Waals surface area contributed by atoms with E-state index in [1.165, 1.54) is 34.1 Å². The van der Waals surface area contributed by atoms with Crippen molar-refractivity contribution < 1.29 is 18.3 Å². The quantitative estimate of drug-likeness (QED) is 0.935. The summed E-state index contributed by atoms with van der Waals surface area (Å²) >= 11 is 0. The molecule has 1 unspecified atom stereocenters. The highest BCUT2D eigenvalue weighted by Crippen LogP contribution is 2.37. The lowest BCUT2D eigenvalue weighted by Crippen LogP contribution is -2.30. The molecule has 2 aromatic carbocycles. The minimum atomic E-state index is -3.67. The number of nitrogens with zero attached hydrogens (tertiary/aromatic N) is 1. The lowest BCUT2D eigenvalue weighted by atomic mass is 10.1. The van der Waals surface area contributed by atoms with Gasteiger partial charge in [-0.25, -0.2) is 13.2 Å². The molecule has 1 aliphatic carbocycles. The SMILES string of the molecule is CN(C1CCc2ccccc21)S(=O)(=O)c1ccc(C(=O)O)cc1. The van der Waals surface area contributed by atoms with E-state index in [0.29, 0.717) is 0 Å². The fourth-order valence-corrected chi connectivity index (χ4v) is 4.38. The first-order valence-corrected chi connectivity index (χ1v) is 8.74. The number of sulfonamides is 1. The molecule has 0 radical (unpaired) electrons. The van der Waals surface area contributed by atoms with Gasteiger partial charge in [0.25, 0.3) is 0 Å². The molecule has 5 nitrogen and oxygen atoms in total. The van der Waals surface area contributed by atoms with Crippen LogP contribution in [0.5, 0.6) is 0 Å². The van der Waals surface area contributed by atoms with Crippen LogP contribution in [0.4, 0.5) is 0 Å². The molecule has 0 saturated carbocycles. The van der Waals surface area contributed by atoms with Crippen LogP contribution in [0.25, 0.3) is 0 Å². The van der Waals surface area contributed by atoms with Gasteiger partial charge in [-0.3, -0.25) is 0 Å². The lowest BCUT2D eigenvalue weighted by Gasteiger charge is -2.24. The van der Waals surface area contributed by atoms with E-state index >= 15 is 0 Å². The van der Waals surface area contributed by atoms with E-state index in [0.717, 1.165) is 18.4 Å². The predicted molar refractivity (Wildman–Crippen MR) is 85.9 cm³/mol. The lowest BCUT2D eigenvalue weighted by molar-refractivity contribution is 0.0696. The van der Waals surface area contributed by atoms with Crippen LogP contribution in [0.1, 0.15) is 33.9 Å². The van der Waals surface area contributed by atoms with Crippen LogP contribution in [0.15, 0.2) is 53.4 Å². The number of aromatic carboxylic acids is 1. The number of fused-ring (bicyclic) bond motifs is 1. The summed E-state index contributed by atoms with van der Waals surface area (Å²) in [4.78, 5) is 11.0. The Morgan fingerprint density at radius 1 is 1.13 bits per heavy atom. The maximum atomic E-state index is 12.8. The first kappa shape index (κ1) is 15.7. The molecule has 1 N–H and O–H groups in total. The summed E-state index contributed by atoms with van der Waals surface area (Å²) < 4.78 is 27.0. The minimum absolute atomic E-state index is 0.0674. The Hall–Kier alpha value is -2.18. The van der Waals surface area contributed by atoms with Crippen molar-refractivity contribution in [3.05, 3.63) is 65.2 Å². The molecule has 23 heavy (non-hydrogen) atoms. The first-order valence-electron chi connectivity index (χ1n) is 7.30. The first-order chi connectivity index (χ1) is 10.9. The van der Waals surface area contributed by atoms with Crippen molar-refractivity contribution in [1.82, 2.24) is 4.31 Å². The van der Waals surface area contributed by atoms with E-state index < -0.39 is 16.0 Å². The van der Waals surface area contributed by atoms with Gasteiger partial charge in [0, 0.05) is 7.05 Å². The Morgan fingerprint density at radius 2 is 1.78 bits per heavy atom. The highest BCUT2D eigenvalue weighted by Gasteiger charge is 2.33. The van der Waals surface area contributed by atoms with Crippen LogP contribution >= 0.6 is 0 Å². The third kappa shape index (κ3) is 2.75. The molecule has 0 saturated heterocycles. The zero-order valence-electron chi connectivity index (χ0n) is 12.6. The second kappa shape index (κ2) is 5.79. The van der Waals surface area contributed by atoms with Crippen molar-refractivity contribution in [2.75, 3.05) is 7.05 Å². The molecule has 0 amide bonds. The molecule has 0 bridgehead atoms. The van der Waals surface area contributed by atoms with Crippen LogP contribution in [-0.4, -0.2) is 30.8 Å². The summed E-state index contributed by atoms with van der Waals surface area (Å²) in [5, 5.41) is 8.91. The van der Waals surface area contributed by atoms with Crippen molar-refractivity contribution in [3.63, 3.8) is 0 Å². The molecule has 0 fully saturated rings. The maximum Gasteiger partial charge on any atom is 0.335 e. The average molecular weight is 331 g/mol. The smallest absolute Gasteiger partial charge is 0.335 e. The molecule has 0 aliphatic heterocycles. The van der Waals surface area contributed by atoms with Gasteiger partial charge in [0.2, 0.25) is 10.0 Å². The Morgan fingerprint density at radius 3 is 2.43 bits per heavy atom. The Bertz CT molecular complexity index is 843. The highest BCUT2D eigenvalue weighted by atomic mass is 32.2.